The largest absolute Gasteiger partial charge is 0.496 e. The third-order valence-electron chi connectivity index (χ3n) is 6.41. The molecule has 1 aliphatic heterocycles. The zero-order chi connectivity index (χ0) is 26.0. The van der Waals surface area contributed by atoms with Gasteiger partial charge in [0.05, 0.1) is 19.9 Å². The Morgan fingerprint density at radius 3 is 2.57 bits per heavy atom. The molecule has 5 rings (SSSR count). The zero-order valence-corrected chi connectivity index (χ0v) is 21.8. The van der Waals surface area contributed by atoms with E-state index in [9.17, 15) is 8.42 Å². The lowest BCUT2D eigenvalue weighted by Crippen LogP contribution is -2.43. The molecule has 1 fully saturated rings. The molecular weight excluding hydrogens is 494 g/mol. The first-order valence-corrected chi connectivity index (χ1v) is 13.5. The number of benzene rings is 2. The van der Waals surface area contributed by atoms with Gasteiger partial charge >= 0.3 is 0 Å². The average Bonchev–Trinajstić information content (AvgIpc) is 3.34. The fourth-order valence-corrected chi connectivity index (χ4v) is 5.64. The van der Waals surface area contributed by atoms with E-state index < -0.39 is 10.0 Å². The maximum Gasteiger partial charge on any atom is 0.266 e. The molecule has 0 atom stereocenters. The third-order valence-corrected chi connectivity index (χ3v) is 7.77. The van der Waals surface area contributed by atoms with Gasteiger partial charge < -0.3 is 24.2 Å². The Hall–Kier alpha value is -3.83. The molecule has 2 aromatic carbocycles. The van der Waals surface area contributed by atoms with Crippen LogP contribution in [0.4, 0.5) is 11.5 Å². The number of nitrogens with zero attached hydrogens (tertiary/aromatic N) is 3. The van der Waals surface area contributed by atoms with Crippen LogP contribution in [-0.4, -0.2) is 59.0 Å². The molecule has 11 heteroatoms. The summed E-state index contributed by atoms with van der Waals surface area (Å²) in [5, 5.41) is 7.67. The van der Waals surface area contributed by atoms with Crippen LogP contribution in [0, 0.1) is 0 Å². The fourth-order valence-electron chi connectivity index (χ4n) is 4.41. The fraction of sp³-hybridized carbons (Fsp3) is 0.308. The molecule has 2 aromatic heterocycles. The summed E-state index contributed by atoms with van der Waals surface area (Å²) in [5.74, 6) is 0.611. The number of sulfonamides is 1. The molecule has 2 N–H and O–H groups in total. The summed E-state index contributed by atoms with van der Waals surface area (Å²) >= 11 is 0. The molecule has 0 bridgehead atoms. The second kappa shape index (κ2) is 10.3. The van der Waals surface area contributed by atoms with Crippen molar-refractivity contribution in [3.63, 3.8) is 0 Å². The number of hydrogen-bond acceptors (Lipinski definition) is 9. The van der Waals surface area contributed by atoms with Gasteiger partial charge in [-0.15, -0.1) is 0 Å². The van der Waals surface area contributed by atoms with Crippen molar-refractivity contribution < 1.29 is 22.4 Å². The molecule has 3 heterocycles. The van der Waals surface area contributed by atoms with Crippen LogP contribution in [0.2, 0.25) is 0 Å². The lowest BCUT2D eigenvalue weighted by Gasteiger charge is -2.29. The van der Waals surface area contributed by atoms with Gasteiger partial charge in [0.15, 0.2) is 5.82 Å². The van der Waals surface area contributed by atoms with E-state index in [0.717, 1.165) is 43.0 Å². The first-order valence-electron chi connectivity index (χ1n) is 12.0. The van der Waals surface area contributed by atoms with Crippen molar-refractivity contribution in [3.8, 4) is 22.8 Å². The quantitative estimate of drug-likeness (QED) is 0.356. The topological polar surface area (TPSA) is 119 Å². The standard InChI is InChI=1S/C26H29N5O5S/c1-4-17-8-9-21(34-2)23(14-17)37(32,33)30-25-24-22(35-3)16-20(28-26(24)36-29-25)18-6-5-7-19(15-18)31-12-10-27-11-13-31/h5-9,14-16,27H,4,10-13H2,1-3H3,(H,29,30). The molecule has 0 aliphatic carbocycles. The van der Waals surface area contributed by atoms with E-state index in [1.165, 1.54) is 14.2 Å². The number of fused-ring (bicyclic) bond motifs is 1. The van der Waals surface area contributed by atoms with Gasteiger partial charge in [0, 0.05) is 43.5 Å². The Bertz CT molecular complexity index is 1530. The van der Waals surface area contributed by atoms with Gasteiger partial charge in [-0.2, -0.15) is 0 Å². The van der Waals surface area contributed by atoms with Crippen molar-refractivity contribution in [3.05, 3.63) is 54.1 Å². The lowest BCUT2D eigenvalue weighted by atomic mass is 10.1. The number of methoxy groups -OCH3 is 2. The smallest absolute Gasteiger partial charge is 0.266 e. The number of aromatic nitrogens is 2. The number of ether oxygens (including phenoxy) is 2. The highest BCUT2D eigenvalue weighted by Crippen LogP contribution is 2.37. The highest BCUT2D eigenvalue weighted by molar-refractivity contribution is 7.92. The van der Waals surface area contributed by atoms with E-state index in [-0.39, 0.29) is 22.2 Å². The van der Waals surface area contributed by atoms with Crippen LogP contribution >= 0.6 is 0 Å². The molecule has 0 unspecified atom stereocenters. The normalized spacial score (nSPS) is 14.1. The maximum absolute atomic E-state index is 13.3. The van der Waals surface area contributed by atoms with Crippen LogP contribution in [0.15, 0.2) is 57.9 Å². The Balaban J connectivity index is 1.51. The summed E-state index contributed by atoms with van der Waals surface area (Å²) in [6.07, 6.45) is 0.676. The van der Waals surface area contributed by atoms with Crippen molar-refractivity contribution in [1.29, 1.82) is 0 Å². The molecular formula is C26H29N5O5S. The van der Waals surface area contributed by atoms with Gasteiger partial charge in [0.25, 0.3) is 15.7 Å². The first kappa shape index (κ1) is 24.8. The van der Waals surface area contributed by atoms with Crippen molar-refractivity contribution in [2.24, 2.45) is 0 Å². The summed E-state index contributed by atoms with van der Waals surface area (Å²) in [5.41, 5.74) is 3.64. The first-order chi connectivity index (χ1) is 17.9. The molecule has 10 nitrogen and oxygen atoms in total. The highest BCUT2D eigenvalue weighted by atomic mass is 32.2. The van der Waals surface area contributed by atoms with Gasteiger partial charge in [-0.25, -0.2) is 13.4 Å². The van der Waals surface area contributed by atoms with E-state index in [4.69, 9.17) is 14.0 Å². The number of anilines is 2. The summed E-state index contributed by atoms with van der Waals surface area (Å²) in [6, 6.07) is 14.9. The number of hydrogen-bond donors (Lipinski definition) is 2. The summed E-state index contributed by atoms with van der Waals surface area (Å²) in [4.78, 5) is 6.96. The molecule has 4 aromatic rings. The lowest BCUT2D eigenvalue weighted by molar-refractivity contribution is 0.402. The number of nitrogens with one attached hydrogen (secondary N) is 2. The second-order valence-electron chi connectivity index (χ2n) is 8.65. The molecule has 0 saturated carbocycles. The van der Waals surface area contributed by atoms with Gasteiger partial charge in [-0.3, -0.25) is 4.72 Å². The predicted molar refractivity (Wildman–Crippen MR) is 142 cm³/mol. The molecule has 194 valence electrons. The average molecular weight is 524 g/mol. The number of piperazine rings is 1. The minimum Gasteiger partial charge on any atom is -0.496 e. The van der Waals surface area contributed by atoms with Crippen LogP contribution in [0.25, 0.3) is 22.4 Å². The Morgan fingerprint density at radius 2 is 1.84 bits per heavy atom. The molecule has 37 heavy (non-hydrogen) atoms. The van der Waals surface area contributed by atoms with Crippen LogP contribution < -0.4 is 24.4 Å². The predicted octanol–water partition coefficient (Wildman–Crippen LogP) is 3.68. The summed E-state index contributed by atoms with van der Waals surface area (Å²) in [7, 11) is -1.11. The van der Waals surface area contributed by atoms with Gasteiger partial charge in [-0.05, 0) is 36.2 Å². The number of pyridine rings is 1. The van der Waals surface area contributed by atoms with E-state index in [2.05, 4.69) is 37.2 Å². The van der Waals surface area contributed by atoms with Crippen molar-refractivity contribution in [1.82, 2.24) is 15.5 Å². The monoisotopic (exact) mass is 523 g/mol. The molecule has 1 saturated heterocycles. The van der Waals surface area contributed by atoms with Crippen molar-refractivity contribution in [2.75, 3.05) is 50.0 Å². The van der Waals surface area contributed by atoms with Crippen LogP contribution in [-0.2, 0) is 16.4 Å². The highest BCUT2D eigenvalue weighted by Gasteiger charge is 2.25. The van der Waals surface area contributed by atoms with E-state index in [1.807, 2.05) is 25.1 Å². The van der Waals surface area contributed by atoms with Crippen LogP contribution in [0.1, 0.15) is 12.5 Å². The second-order valence-corrected chi connectivity index (χ2v) is 10.3. The van der Waals surface area contributed by atoms with Gasteiger partial charge in [0.1, 0.15) is 21.8 Å². The Morgan fingerprint density at radius 1 is 1.05 bits per heavy atom. The molecule has 0 spiro atoms. The van der Waals surface area contributed by atoms with Crippen LogP contribution in [0.3, 0.4) is 0 Å². The van der Waals surface area contributed by atoms with Crippen LogP contribution in [0.5, 0.6) is 11.5 Å². The SMILES string of the molecule is CCc1ccc(OC)c(S(=O)(=O)Nc2noc3nc(-c4cccc(N5CCNCC5)c4)cc(OC)c23)c1. The number of rotatable bonds is 8. The number of aryl methyl sites for hydroxylation is 1. The Labute approximate surface area is 215 Å². The zero-order valence-electron chi connectivity index (χ0n) is 20.9. The minimum absolute atomic E-state index is 0.00979. The maximum atomic E-state index is 13.3. The summed E-state index contributed by atoms with van der Waals surface area (Å²) < 4.78 is 45.6. The van der Waals surface area contributed by atoms with E-state index in [1.54, 1.807) is 18.2 Å². The van der Waals surface area contributed by atoms with E-state index in [0.29, 0.717) is 23.3 Å². The van der Waals surface area contributed by atoms with Gasteiger partial charge in [0.2, 0.25) is 0 Å². The Kier molecular flexibility index (Phi) is 6.90. The van der Waals surface area contributed by atoms with Gasteiger partial charge in [-0.1, -0.05) is 30.3 Å². The van der Waals surface area contributed by atoms with Crippen molar-refractivity contribution >= 4 is 32.6 Å². The summed E-state index contributed by atoms with van der Waals surface area (Å²) in [6.45, 7) is 5.68. The van der Waals surface area contributed by atoms with Crippen molar-refractivity contribution in [2.45, 2.75) is 18.2 Å². The molecule has 1 aliphatic rings. The third kappa shape index (κ3) is 4.92. The molecule has 0 radical (unpaired) electrons. The minimum atomic E-state index is -4.05. The molecule has 0 amide bonds. The van der Waals surface area contributed by atoms with E-state index >= 15 is 0 Å².